The molecule has 7 heteroatoms. The second-order valence-corrected chi connectivity index (χ2v) is 6.59. The van der Waals surface area contributed by atoms with Crippen molar-refractivity contribution in [3.8, 4) is 17.0 Å². The fourth-order valence-corrected chi connectivity index (χ4v) is 3.16. The largest absolute Gasteiger partial charge is 0.497 e. The molecule has 0 bridgehead atoms. The zero-order valence-corrected chi connectivity index (χ0v) is 16.7. The molecule has 0 aliphatic carbocycles. The van der Waals surface area contributed by atoms with Crippen molar-refractivity contribution in [1.82, 2.24) is 14.3 Å². The quantitative estimate of drug-likeness (QED) is 0.579. The molecule has 0 fully saturated rings. The van der Waals surface area contributed by atoms with E-state index in [1.54, 1.807) is 21.3 Å². The van der Waals surface area contributed by atoms with E-state index < -0.39 is 0 Å². The van der Waals surface area contributed by atoms with Gasteiger partial charge in [-0.1, -0.05) is 0 Å². The lowest BCUT2D eigenvalue weighted by molar-refractivity contribution is 0.109. The first kappa shape index (κ1) is 20.1. The lowest BCUT2D eigenvalue weighted by Crippen LogP contribution is -2.31. The number of nitrogens with zero attached hydrogens (tertiary/aromatic N) is 3. The van der Waals surface area contributed by atoms with Gasteiger partial charge in [0, 0.05) is 51.3 Å². The van der Waals surface area contributed by atoms with Gasteiger partial charge >= 0.3 is 0 Å². The van der Waals surface area contributed by atoms with E-state index in [9.17, 15) is 0 Å². The number of fused-ring (bicyclic) bond motifs is 1. The minimum absolute atomic E-state index is 0.653. The van der Waals surface area contributed by atoms with Gasteiger partial charge in [-0.05, 0) is 36.4 Å². The maximum absolute atomic E-state index is 6.05. The van der Waals surface area contributed by atoms with Crippen molar-refractivity contribution in [1.29, 1.82) is 0 Å². The molecule has 2 N–H and O–H groups in total. The Labute approximate surface area is 165 Å². The SMILES string of the molecule is COCCN(CCOC)Cc1c(-c2ccc(OC)cc2)nc2ccc(N)cn12. The number of rotatable bonds is 10. The van der Waals surface area contributed by atoms with Crippen LogP contribution in [0.25, 0.3) is 16.9 Å². The van der Waals surface area contributed by atoms with Crippen molar-refractivity contribution >= 4 is 11.3 Å². The van der Waals surface area contributed by atoms with Crippen LogP contribution in [0.2, 0.25) is 0 Å². The van der Waals surface area contributed by atoms with Crippen LogP contribution in [-0.4, -0.2) is 61.9 Å². The lowest BCUT2D eigenvalue weighted by Gasteiger charge is -2.22. The first-order valence-electron chi connectivity index (χ1n) is 9.27. The fourth-order valence-electron chi connectivity index (χ4n) is 3.16. The molecule has 0 aliphatic heterocycles. The van der Waals surface area contributed by atoms with Crippen LogP contribution in [0.3, 0.4) is 0 Å². The second kappa shape index (κ2) is 9.54. The molecule has 2 heterocycles. The molecule has 0 saturated heterocycles. The molecule has 1 aromatic carbocycles. The van der Waals surface area contributed by atoms with Crippen molar-refractivity contribution in [2.45, 2.75) is 6.54 Å². The van der Waals surface area contributed by atoms with Crippen LogP contribution >= 0.6 is 0 Å². The first-order valence-corrected chi connectivity index (χ1v) is 9.27. The van der Waals surface area contributed by atoms with Crippen LogP contribution in [0.1, 0.15) is 5.69 Å². The van der Waals surface area contributed by atoms with Gasteiger partial charge in [-0.15, -0.1) is 0 Å². The fraction of sp³-hybridized carbons (Fsp3) is 0.381. The summed E-state index contributed by atoms with van der Waals surface area (Å²) in [4.78, 5) is 7.17. The molecule has 0 spiro atoms. The average molecular weight is 384 g/mol. The zero-order valence-electron chi connectivity index (χ0n) is 16.7. The third-order valence-electron chi connectivity index (χ3n) is 4.70. The maximum Gasteiger partial charge on any atom is 0.137 e. The zero-order chi connectivity index (χ0) is 19.9. The molecule has 2 aromatic heterocycles. The number of pyridine rings is 1. The highest BCUT2D eigenvalue weighted by Crippen LogP contribution is 2.28. The summed E-state index contributed by atoms with van der Waals surface area (Å²) in [7, 11) is 5.09. The first-order chi connectivity index (χ1) is 13.7. The number of hydrogen-bond acceptors (Lipinski definition) is 6. The molecule has 0 saturated carbocycles. The number of ether oxygens (including phenoxy) is 3. The van der Waals surface area contributed by atoms with Crippen LogP contribution < -0.4 is 10.5 Å². The summed E-state index contributed by atoms with van der Waals surface area (Å²) >= 11 is 0. The third kappa shape index (κ3) is 4.62. The maximum atomic E-state index is 6.05. The number of nitrogens with two attached hydrogens (primary N) is 1. The predicted octanol–water partition coefficient (Wildman–Crippen LogP) is 2.69. The summed E-state index contributed by atoms with van der Waals surface area (Å²) < 4.78 is 17.9. The van der Waals surface area contributed by atoms with Gasteiger partial charge < -0.3 is 24.3 Å². The van der Waals surface area contributed by atoms with E-state index in [-0.39, 0.29) is 0 Å². The molecule has 150 valence electrons. The Morgan fingerprint density at radius 1 is 0.964 bits per heavy atom. The van der Waals surface area contributed by atoms with E-state index in [1.807, 2.05) is 42.6 Å². The van der Waals surface area contributed by atoms with E-state index >= 15 is 0 Å². The summed E-state index contributed by atoms with van der Waals surface area (Å²) in [6.07, 6.45) is 1.93. The number of nitrogen functional groups attached to an aromatic ring is 1. The van der Waals surface area contributed by atoms with Gasteiger partial charge in [-0.3, -0.25) is 4.90 Å². The Bertz CT molecular complexity index is 885. The number of methoxy groups -OCH3 is 3. The minimum Gasteiger partial charge on any atom is -0.497 e. The number of imidazole rings is 1. The van der Waals surface area contributed by atoms with E-state index in [2.05, 4.69) is 9.30 Å². The molecule has 0 atom stereocenters. The van der Waals surface area contributed by atoms with E-state index in [1.165, 1.54) is 0 Å². The average Bonchev–Trinajstić information content (AvgIpc) is 3.07. The highest BCUT2D eigenvalue weighted by atomic mass is 16.5. The van der Waals surface area contributed by atoms with Gasteiger partial charge in [0.15, 0.2) is 0 Å². The second-order valence-electron chi connectivity index (χ2n) is 6.59. The summed E-state index contributed by atoms with van der Waals surface area (Å²) in [5, 5.41) is 0. The third-order valence-corrected chi connectivity index (χ3v) is 4.70. The molecule has 0 unspecified atom stereocenters. The molecular weight excluding hydrogens is 356 g/mol. The van der Waals surface area contributed by atoms with E-state index in [0.29, 0.717) is 25.4 Å². The van der Waals surface area contributed by atoms with Gasteiger partial charge in [-0.2, -0.15) is 0 Å². The minimum atomic E-state index is 0.653. The van der Waals surface area contributed by atoms with Gasteiger partial charge in [0.2, 0.25) is 0 Å². The van der Waals surface area contributed by atoms with E-state index in [0.717, 1.165) is 41.4 Å². The van der Waals surface area contributed by atoms with Crippen molar-refractivity contribution in [2.75, 3.05) is 53.4 Å². The normalized spacial score (nSPS) is 11.4. The molecule has 3 rings (SSSR count). The van der Waals surface area contributed by atoms with E-state index in [4.69, 9.17) is 24.9 Å². The van der Waals surface area contributed by atoms with Crippen molar-refractivity contribution in [2.24, 2.45) is 0 Å². The highest BCUT2D eigenvalue weighted by molar-refractivity contribution is 5.68. The Hall–Kier alpha value is -2.61. The predicted molar refractivity (Wildman–Crippen MR) is 111 cm³/mol. The van der Waals surface area contributed by atoms with Gasteiger partial charge in [0.05, 0.1) is 31.7 Å². The lowest BCUT2D eigenvalue weighted by atomic mass is 10.1. The smallest absolute Gasteiger partial charge is 0.137 e. The van der Waals surface area contributed by atoms with Crippen LogP contribution in [-0.2, 0) is 16.0 Å². The van der Waals surface area contributed by atoms with Crippen LogP contribution in [0, 0.1) is 0 Å². The summed E-state index contributed by atoms with van der Waals surface area (Å²) in [5.41, 5.74) is 10.7. The van der Waals surface area contributed by atoms with Crippen molar-refractivity contribution < 1.29 is 14.2 Å². The molecule has 0 radical (unpaired) electrons. The Morgan fingerprint density at radius 2 is 1.64 bits per heavy atom. The topological polar surface area (TPSA) is 74.2 Å². The number of hydrogen-bond donors (Lipinski definition) is 1. The molecule has 0 aliphatic rings. The Morgan fingerprint density at radius 3 is 2.25 bits per heavy atom. The molecule has 0 amide bonds. The van der Waals surface area contributed by atoms with Crippen LogP contribution in [0.4, 0.5) is 5.69 Å². The van der Waals surface area contributed by atoms with Gasteiger partial charge in [0.25, 0.3) is 0 Å². The summed E-state index contributed by atoms with van der Waals surface area (Å²) in [6, 6.07) is 11.8. The highest BCUT2D eigenvalue weighted by Gasteiger charge is 2.17. The molecule has 3 aromatic rings. The van der Waals surface area contributed by atoms with Crippen molar-refractivity contribution in [3.05, 3.63) is 48.3 Å². The molecule has 7 nitrogen and oxygen atoms in total. The van der Waals surface area contributed by atoms with Crippen LogP contribution in [0.15, 0.2) is 42.6 Å². The van der Waals surface area contributed by atoms with Gasteiger partial charge in [-0.25, -0.2) is 4.98 Å². The van der Waals surface area contributed by atoms with Crippen molar-refractivity contribution in [3.63, 3.8) is 0 Å². The summed E-state index contributed by atoms with van der Waals surface area (Å²) in [6.45, 7) is 3.62. The standard InChI is InChI=1S/C21H28N4O3/c1-26-12-10-24(11-13-27-2)15-19-21(16-4-7-18(28-3)8-5-16)23-20-9-6-17(22)14-25(19)20/h4-9,14H,10-13,15,22H2,1-3H3. The molecular formula is C21H28N4O3. The van der Waals surface area contributed by atoms with Crippen LogP contribution in [0.5, 0.6) is 5.75 Å². The molecule has 28 heavy (non-hydrogen) atoms. The monoisotopic (exact) mass is 384 g/mol. The number of aromatic nitrogens is 2. The number of anilines is 1. The number of benzene rings is 1. The Balaban J connectivity index is 2.02. The van der Waals surface area contributed by atoms with Gasteiger partial charge in [0.1, 0.15) is 11.4 Å². The Kier molecular flexibility index (Phi) is 6.86. The summed E-state index contributed by atoms with van der Waals surface area (Å²) in [5.74, 6) is 0.820.